The number of rotatable bonds is 8. The van der Waals surface area contributed by atoms with Crippen molar-refractivity contribution in [3.63, 3.8) is 0 Å². The third-order valence-electron chi connectivity index (χ3n) is 5.55. The van der Waals surface area contributed by atoms with Crippen LogP contribution in [0.2, 0.25) is 0 Å². The molecule has 2 aromatic carbocycles. The summed E-state index contributed by atoms with van der Waals surface area (Å²) in [6.07, 6.45) is 6.96. The Morgan fingerprint density at radius 1 is 0.967 bits per heavy atom. The highest BCUT2D eigenvalue weighted by Gasteiger charge is 2.24. The van der Waals surface area contributed by atoms with Crippen molar-refractivity contribution in [2.45, 2.75) is 49.6 Å². The second-order valence-electron chi connectivity index (χ2n) is 7.72. The number of benzene rings is 2. The minimum atomic E-state index is 0.0257. The first-order valence-electron chi connectivity index (χ1n) is 10.8. The molecule has 0 aliphatic heterocycles. The number of carbonyl (C=O) groups is 1. The van der Waals surface area contributed by atoms with Crippen LogP contribution in [0.1, 0.15) is 49.4 Å². The lowest BCUT2D eigenvalue weighted by atomic mass is 9.88. The van der Waals surface area contributed by atoms with Crippen molar-refractivity contribution in [3.8, 4) is 5.69 Å². The summed E-state index contributed by atoms with van der Waals surface area (Å²) < 4.78 is 2.15. The topological polar surface area (TPSA) is 59.8 Å². The highest BCUT2D eigenvalue weighted by Crippen LogP contribution is 2.34. The number of hydrogen-bond acceptors (Lipinski definition) is 4. The third-order valence-corrected chi connectivity index (χ3v) is 6.48. The molecular formula is C24H28N4OS. The van der Waals surface area contributed by atoms with Crippen LogP contribution < -0.4 is 5.32 Å². The molecule has 0 atom stereocenters. The van der Waals surface area contributed by atoms with Crippen LogP contribution in [-0.4, -0.2) is 33.0 Å². The van der Waals surface area contributed by atoms with Crippen molar-refractivity contribution in [1.82, 2.24) is 20.1 Å². The SMILES string of the molecule is O=C(CSc1nnc(C2CCCCC2)n1-c1ccccc1)NCCc1ccccc1. The molecule has 0 spiro atoms. The average molecular weight is 421 g/mol. The fourth-order valence-electron chi connectivity index (χ4n) is 3.99. The van der Waals surface area contributed by atoms with Gasteiger partial charge in [-0.25, -0.2) is 0 Å². The van der Waals surface area contributed by atoms with E-state index in [1.54, 1.807) is 0 Å². The molecule has 1 heterocycles. The van der Waals surface area contributed by atoms with E-state index in [0.717, 1.165) is 35.9 Å². The highest BCUT2D eigenvalue weighted by atomic mass is 32.2. The lowest BCUT2D eigenvalue weighted by molar-refractivity contribution is -0.118. The Morgan fingerprint density at radius 2 is 1.67 bits per heavy atom. The molecule has 1 saturated carbocycles. The lowest BCUT2D eigenvalue weighted by Crippen LogP contribution is -2.27. The van der Waals surface area contributed by atoms with Gasteiger partial charge in [0.05, 0.1) is 5.75 Å². The van der Waals surface area contributed by atoms with Crippen LogP contribution in [-0.2, 0) is 11.2 Å². The Hall–Kier alpha value is -2.60. The highest BCUT2D eigenvalue weighted by molar-refractivity contribution is 7.99. The standard InChI is InChI=1S/C24H28N4OS/c29-22(25-17-16-19-10-4-1-5-11-19)18-30-24-27-26-23(20-12-6-2-7-13-20)28(24)21-14-8-3-9-15-21/h1,3-5,8-11,14-15,20H,2,6-7,12-13,16-18H2,(H,25,29). The van der Waals surface area contributed by atoms with Gasteiger partial charge in [-0.1, -0.05) is 79.6 Å². The van der Waals surface area contributed by atoms with Crippen LogP contribution in [0.3, 0.4) is 0 Å². The van der Waals surface area contributed by atoms with Gasteiger partial charge in [-0.05, 0) is 37.0 Å². The van der Waals surface area contributed by atoms with Crippen molar-refractivity contribution in [2.24, 2.45) is 0 Å². The maximum Gasteiger partial charge on any atom is 0.230 e. The zero-order valence-corrected chi connectivity index (χ0v) is 18.0. The van der Waals surface area contributed by atoms with Crippen molar-refractivity contribution in [1.29, 1.82) is 0 Å². The number of para-hydroxylation sites is 1. The summed E-state index contributed by atoms with van der Waals surface area (Å²) in [6, 6.07) is 20.5. The molecular weight excluding hydrogens is 392 g/mol. The lowest BCUT2D eigenvalue weighted by Gasteiger charge is -2.22. The van der Waals surface area contributed by atoms with E-state index in [2.05, 4.69) is 44.3 Å². The molecule has 1 aromatic heterocycles. The van der Waals surface area contributed by atoms with Gasteiger partial charge in [0.2, 0.25) is 5.91 Å². The van der Waals surface area contributed by atoms with Crippen LogP contribution in [0.5, 0.6) is 0 Å². The molecule has 4 rings (SSSR count). The molecule has 0 bridgehead atoms. The summed E-state index contributed by atoms with van der Waals surface area (Å²) in [5.74, 6) is 1.84. The first-order chi connectivity index (χ1) is 14.8. The van der Waals surface area contributed by atoms with Gasteiger partial charge in [0.15, 0.2) is 5.16 Å². The van der Waals surface area contributed by atoms with E-state index in [-0.39, 0.29) is 5.91 Å². The second-order valence-corrected chi connectivity index (χ2v) is 8.66. The van der Waals surface area contributed by atoms with E-state index >= 15 is 0 Å². The molecule has 0 radical (unpaired) electrons. The monoisotopic (exact) mass is 420 g/mol. The molecule has 1 N–H and O–H groups in total. The predicted molar refractivity (Wildman–Crippen MR) is 121 cm³/mol. The fourth-order valence-corrected chi connectivity index (χ4v) is 4.78. The van der Waals surface area contributed by atoms with Crippen molar-refractivity contribution < 1.29 is 4.79 Å². The summed E-state index contributed by atoms with van der Waals surface area (Å²) in [5.41, 5.74) is 2.29. The summed E-state index contributed by atoms with van der Waals surface area (Å²) in [7, 11) is 0. The fraction of sp³-hybridized carbons (Fsp3) is 0.375. The van der Waals surface area contributed by atoms with E-state index in [9.17, 15) is 4.79 Å². The van der Waals surface area contributed by atoms with Crippen LogP contribution in [0.15, 0.2) is 65.8 Å². The number of nitrogens with zero attached hydrogens (tertiary/aromatic N) is 3. The Morgan fingerprint density at radius 3 is 2.40 bits per heavy atom. The van der Waals surface area contributed by atoms with Gasteiger partial charge in [0, 0.05) is 18.2 Å². The molecule has 6 heteroatoms. The molecule has 156 valence electrons. The molecule has 1 amide bonds. The summed E-state index contributed by atoms with van der Waals surface area (Å²) in [4.78, 5) is 12.4. The average Bonchev–Trinajstić information content (AvgIpc) is 3.23. The van der Waals surface area contributed by atoms with E-state index in [1.165, 1.54) is 36.6 Å². The summed E-state index contributed by atoms with van der Waals surface area (Å²) >= 11 is 1.46. The number of amides is 1. The minimum Gasteiger partial charge on any atom is -0.355 e. The van der Waals surface area contributed by atoms with E-state index in [4.69, 9.17) is 0 Å². The van der Waals surface area contributed by atoms with Gasteiger partial charge >= 0.3 is 0 Å². The molecule has 1 fully saturated rings. The zero-order valence-electron chi connectivity index (χ0n) is 17.2. The predicted octanol–water partition coefficient (Wildman–Crippen LogP) is 4.77. The Bertz CT molecular complexity index is 936. The van der Waals surface area contributed by atoms with Crippen molar-refractivity contribution in [3.05, 3.63) is 72.1 Å². The van der Waals surface area contributed by atoms with Crippen LogP contribution >= 0.6 is 11.8 Å². The van der Waals surface area contributed by atoms with E-state index < -0.39 is 0 Å². The van der Waals surface area contributed by atoms with E-state index in [1.807, 2.05) is 36.4 Å². The second kappa shape index (κ2) is 10.4. The largest absolute Gasteiger partial charge is 0.355 e. The Labute approximate surface area is 182 Å². The van der Waals surface area contributed by atoms with E-state index in [0.29, 0.717) is 18.2 Å². The van der Waals surface area contributed by atoms with Crippen LogP contribution in [0.25, 0.3) is 5.69 Å². The smallest absolute Gasteiger partial charge is 0.230 e. The molecule has 5 nitrogen and oxygen atoms in total. The molecule has 0 saturated heterocycles. The first-order valence-corrected chi connectivity index (χ1v) is 11.7. The molecule has 30 heavy (non-hydrogen) atoms. The number of carbonyl (C=O) groups excluding carboxylic acids is 1. The number of hydrogen-bond donors (Lipinski definition) is 1. The molecule has 1 aliphatic carbocycles. The zero-order chi connectivity index (χ0) is 20.6. The van der Waals surface area contributed by atoms with Crippen molar-refractivity contribution in [2.75, 3.05) is 12.3 Å². The van der Waals surface area contributed by atoms with Gasteiger partial charge in [-0.3, -0.25) is 9.36 Å². The molecule has 1 aliphatic rings. The molecule has 3 aromatic rings. The van der Waals surface area contributed by atoms with Gasteiger partial charge in [-0.15, -0.1) is 10.2 Å². The quantitative estimate of drug-likeness (QED) is 0.534. The maximum atomic E-state index is 12.4. The van der Waals surface area contributed by atoms with Crippen LogP contribution in [0, 0.1) is 0 Å². The Kier molecular flexibility index (Phi) is 7.19. The summed E-state index contributed by atoms with van der Waals surface area (Å²) in [5, 5.41) is 12.8. The Balaban J connectivity index is 1.40. The first kappa shape index (κ1) is 20.7. The summed E-state index contributed by atoms with van der Waals surface area (Å²) in [6.45, 7) is 0.641. The maximum absolute atomic E-state index is 12.4. The molecule has 0 unspecified atom stereocenters. The van der Waals surface area contributed by atoms with Gasteiger partial charge in [-0.2, -0.15) is 0 Å². The van der Waals surface area contributed by atoms with Crippen LogP contribution in [0.4, 0.5) is 0 Å². The minimum absolute atomic E-state index is 0.0257. The van der Waals surface area contributed by atoms with Gasteiger partial charge in [0.25, 0.3) is 0 Å². The normalized spacial score (nSPS) is 14.5. The van der Waals surface area contributed by atoms with Crippen molar-refractivity contribution >= 4 is 17.7 Å². The van der Waals surface area contributed by atoms with Gasteiger partial charge in [0.1, 0.15) is 5.82 Å². The number of thioether (sulfide) groups is 1. The van der Waals surface area contributed by atoms with Gasteiger partial charge < -0.3 is 5.32 Å². The number of nitrogens with one attached hydrogen (secondary N) is 1. The number of aromatic nitrogens is 3. The third kappa shape index (κ3) is 5.30.